The van der Waals surface area contributed by atoms with E-state index < -0.39 is 0 Å². The van der Waals surface area contributed by atoms with Gasteiger partial charge in [0.2, 0.25) is 0 Å². The van der Waals surface area contributed by atoms with E-state index in [1.54, 1.807) is 0 Å². The topological polar surface area (TPSA) is 37.6 Å². The van der Waals surface area contributed by atoms with Gasteiger partial charge in [-0.25, -0.2) is 4.98 Å². The number of benzene rings is 2. The Hall–Kier alpha value is -1.49. The van der Waals surface area contributed by atoms with Gasteiger partial charge in [-0.2, -0.15) is 0 Å². The zero-order valence-corrected chi connectivity index (χ0v) is 24.1. The molecule has 0 aliphatic rings. The van der Waals surface area contributed by atoms with Gasteiger partial charge in [-0.05, 0) is 105 Å². The molecule has 3 aromatic rings. The van der Waals surface area contributed by atoms with Gasteiger partial charge in [0.15, 0.2) is 0 Å². The van der Waals surface area contributed by atoms with Gasteiger partial charge in [-0.1, -0.05) is 29.8 Å². The Kier molecular flexibility index (Phi) is 12.8. The summed E-state index contributed by atoms with van der Waals surface area (Å²) >= 11 is 3.65. The Morgan fingerprint density at radius 1 is 0.697 bits per heavy atom. The van der Waals surface area contributed by atoms with Crippen LogP contribution in [0.4, 0.5) is 11.4 Å². The fourth-order valence-electron chi connectivity index (χ4n) is 3.69. The van der Waals surface area contributed by atoms with E-state index in [1.807, 2.05) is 32.0 Å². The fraction of sp³-hybridized carbons (Fsp3) is 0.269. The van der Waals surface area contributed by atoms with Crippen LogP contribution in [0.3, 0.4) is 0 Å². The quantitative estimate of drug-likeness (QED) is 0.338. The van der Waals surface area contributed by atoms with Gasteiger partial charge < -0.3 is 24.8 Å². The van der Waals surface area contributed by atoms with Gasteiger partial charge in [-0.3, -0.25) is 9.98 Å². The van der Waals surface area contributed by atoms with Gasteiger partial charge in [0.25, 0.3) is 0 Å². The van der Waals surface area contributed by atoms with Crippen molar-refractivity contribution >= 4 is 38.7 Å². The molecule has 176 valence electrons. The average molecular weight is 589 g/mol. The summed E-state index contributed by atoms with van der Waals surface area (Å²) in [7, 11) is 0. The molecule has 0 saturated carbocycles. The van der Waals surface area contributed by atoms with E-state index in [0.717, 1.165) is 44.2 Å². The number of aliphatic imine (C=N–C) groups is 2. The molecule has 0 spiro atoms. The van der Waals surface area contributed by atoms with Crippen LogP contribution in [0.2, 0.25) is 0 Å². The van der Waals surface area contributed by atoms with Crippen molar-refractivity contribution in [3.8, 4) is 0 Å². The molecule has 3 nitrogen and oxygen atoms in total. The van der Waals surface area contributed by atoms with Crippen LogP contribution in [0, 0.1) is 34.6 Å². The van der Waals surface area contributed by atoms with Crippen molar-refractivity contribution in [1.29, 1.82) is 0 Å². The van der Waals surface area contributed by atoms with Crippen LogP contribution in [-0.2, 0) is 17.1 Å². The number of hydrogen-bond acceptors (Lipinski definition) is 3. The van der Waals surface area contributed by atoms with Crippen molar-refractivity contribution in [2.24, 2.45) is 9.98 Å². The third-order valence-electron chi connectivity index (χ3n) is 5.08. The molecule has 0 fully saturated rings. The Morgan fingerprint density at radius 3 is 1.55 bits per heavy atom. The minimum absolute atomic E-state index is 0. The third-order valence-corrected chi connectivity index (χ3v) is 5.69. The molecule has 0 radical (unpaired) electrons. The number of halogens is 3. The molecule has 0 N–H and O–H groups in total. The van der Waals surface area contributed by atoms with E-state index in [1.165, 1.54) is 22.3 Å². The van der Waals surface area contributed by atoms with Crippen molar-refractivity contribution in [3.05, 3.63) is 86.1 Å². The zero-order chi connectivity index (χ0) is 22.0. The smallest absolute Gasteiger partial charge is 1.00 e. The maximum Gasteiger partial charge on any atom is 2.00 e. The second-order valence-electron chi connectivity index (χ2n) is 7.96. The SMILES string of the molecule is C/C(=N\c1c(C)cc(C)cc1C)c1cccc(/C(C)=N/c2c(C)cc(C)cc2Br)n1.[Cl-].[Cl-].[Fe+2]. The molecule has 33 heavy (non-hydrogen) atoms. The van der Waals surface area contributed by atoms with Gasteiger partial charge >= 0.3 is 17.1 Å². The van der Waals surface area contributed by atoms with Crippen LogP contribution >= 0.6 is 15.9 Å². The number of aromatic nitrogens is 1. The van der Waals surface area contributed by atoms with Gasteiger partial charge in [0.1, 0.15) is 0 Å². The minimum atomic E-state index is 0. The Morgan fingerprint density at radius 2 is 1.09 bits per heavy atom. The Labute approximate surface area is 229 Å². The summed E-state index contributed by atoms with van der Waals surface area (Å²) in [5, 5.41) is 0. The van der Waals surface area contributed by atoms with Crippen LogP contribution in [0.25, 0.3) is 0 Å². The Balaban J connectivity index is 0.00000341. The number of pyridine rings is 1. The largest absolute Gasteiger partial charge is 2.00 e. The number of aryl methyl sites for hydroxylation is 5. The molecule has 2 aromatic carbocycles. The van der Waals surface area contributed by atoms with E-state index in [0.29, 0.717) is 0 Å². The van der Waals surface area contributed by atoms with Crippen molar-refractivity contribution < 1.29 is 41.9 Å². The van der Waals surface area contributed by atoms with E-state index in [-0.39, 0.29) is 41.9 Å². The van der Waals surface area contributed by atoms with Crippen LogP contribution in [0.15, 0.2) is 56.9 Å². The molecular weight excluding hydrogens is 561 g/mol. The first-order chi connectivity index (χ1) is 14.2. The molecule has 3 rings (SSSR count). The van der Waals surface area contributed by atoms with Crippen LogP contribution in [0.5, 0.6) is 0 Å². The van der Waals surface area contributed by atoms with Crippen LogP contribution in [0.1, 0.15) is 53.1 Å². The van der Waals surface area contributed by atoms with Crippen LogP contribution in [-0.4, -0.2) is 16.4 Å². The van der Waals surface area contributed by atoms with E-state index in [9.17, 15) is 0 Å². The predicted octanol–water partition coefficient (Wildman–Crippen LogP) is 1.67. The normalized spacial score (nSPS) is 11.3. The second kappa shape index (κ2) is 13.4. The van der Waals surface area contributed by atoms with Gasteiger partial charge in [0.05, 0.1) is 34.2 Å². The zero-order valence-electron chi connectivity index (χ0n) is 19.9. The molecule has 0 bridgehead atoms. The molecule has 0 saturated heterocycles. The molecular formula is C26H28BrCl2FeN3. The summed E-state index contributed by atoms with van der Waals surface area (Å²) in [6, 6.07) is 14.6. The van der Waals surface area contributed by atoms with E-state index in [2.05, 4.69) is 74.8 Å². The molecule has 0 aliphatic heterocycles. The predicted molar refractivity (Wildman–Crippen MR) is 132 cm³/mol. The summed E-state index contributed by atoms with van der Waals surface area (Å²) in [6.45, 7) is 14.5. The summed E-state index contributed by atoms with van der Waals surface area (Å²) in [4.78, 5) is 14.6. The fourth-order valence-corrected chi connectivity index (χ4v) is 4.45. The van der Waals surface area contributed by atoms with Crippen molar-refractivity contribution in [1.82, 2.24) is 4.98 Å². The first-order valence-electron chi connectivity index (χ1n) is 10.1. The van der Waals surface area contributed by atoms with Crippen molar-refractivity contribution in [2.45, 2.75) is 48.5 Å². The first-order valence-corrected chi connectivity index (χ1v) is 10.9. The number of nitrogens with zero attached hydrogens (tertiary/aromatic N) is 3. The summed E-state index contributed by atoms with van der Waals surface area (Å²) in [5.74, 6) is 0. The molecule has 0 atom stereocenters. The van der Waals surface area contributed by atoms with Gasteiger partial charge in [-0.15, -0.1) is 0 Å². The van der Waals surface area contributed by atoms with E-state index in [4.69, 9.17) is 15.0 Å². The maximum atomic E-state index is 4.90. The van der Waals surface area contributed by atoms with E-state index >= 15 is 0 Å². The number of rotatable bonds is 4. The second-order valence-corrected chi connectivity index (χ2v) is 8.82. The maximum absolute atomic E-state index is 4.90. The van der Waals surface area contributed by atoms with Crippen molar-refractivity contribution in [3.63, 3.8) is 0 Å². The molecule has 0 amide bonds. The standard InChI is InChI=1S/C26H28BrN3.2ClH.Fe/c1-15-11-17(3)25(18(4)12-15)28-20(6)23-9-8-10-24(30-23)21(7)29-26-19(5)13-16(2)14-22(26)27;;;/h8-14H,1-7H3;2*1H;/q;;;+2/p-2/b28-20+,29-21+;;;. The van der Waals surface area contributed by atoms with Gasteiger partial charge in [0, 0.05) is 4.47 Å². The molecule has 0 unspecified atom stereocenters. The molecule has 7 heteroatoms. The molecule has 1 heterocycles. The summed E-state index contributed by atoms with van der Waals surface area (Å²) in [5.41, 5.74) is 11.4. The first kappa shape index (κ1) is 31.5. The number of hydrogen-bond donors (Lipinski definition) is 0. The van der Waals surface area contributed by atoms with Crippen LogP contribution < -0.4 is 24.8 Å². The van der Waals surface area contributed by atoms with Crippen molar-refractivity contribution in [2.75, 3.05) is 0 Å². The Bertz CT molecular complexity index is 1060. The third kappa shape index (κ3) is 7.77. The average Bonchev–Trinajstić information content (AvgIpc) is 2.67. The summed E-state index contributed by atoms with van der Waals surface area (Å²) < 4.78 is 0.999. The molecule has 1 aromatic heterocycles. The molecule has 0 aliphatic carbocycles. The summed E-state index contributed by atoms with van der Waals surface area (Å²) in [6.07, 6.45) is 0. The monoisotopic (exact) mass is 587 g/mol. The minimum Gasteiger partial charge on any atom is -1.00 e.